The van der Waals surface area contributed by atoms with Gasteiger partial charge in [0.2, 0.25) is 17.7 Å². The number of aldehydes is 1. The quantitative estimate of drug-likeness (QED) is 0.0951. The molecular weight excluding hydrogens is 446 g/mol. The molecule has 0 saturated heterocycles. The molecular formula is C22H49N5O7. The van der Waals surface area contributed by atoms with Gasteiger partial charge in [-0.3, -0.25) is 14.4 Å². The Morgan fingerprint density at radius 3 is 1.88 bits per heavy atom. The van der Waals surface area contributed by atoms with Gasteiger partial charge in [-0.05, 0) is 25.8 Å². The van der Waals surface area contributed by atoms with Gasteiger partial charge in [-0.1, -0.05) is 27.7 Å². The minimum Gasteiger partial charge on any atom is -0.400 e. The minimum atomic E-state index is -0.919. The maximum Gasteiger partial charge on any atom is 0.240 e. The van der Waals surface area contributed by atoms with Crippen LogP contribution in [-0.4, -0.2) is 105 Å². The fraction of sp³-hybridized carbons (Fsp3) is 0.818. The molecule has 204 valence electrons. The van der Waals surface area contributed by atoms with Crippen molar-refractivity contribution in [3.05, 3.63) is 0 Å². The Kier molecular flexibility index (Phi) is 35.5. The van der Waals surface area contributed by atoms with E-state index in [1.165, 1.54) is 6.42 Å². The molecule has 1 atom stereocenters. The highest BCUT2D eigenvalue weighted by Gasteiger charge is 2.10. The van der Waals surface area contributed by atoms with Crippen LogP contribution in [0.5, 0.6) is 0 Å². The fourth-order valence-electron chi connectivity index (χ4n) is 2.08. The monoisotopic (exact) mass is 495 g/mol. The first kappa shape index (κ1) is 39.1. The molecule has 0 aliphatic heterocycles. The van der Waals surface area contributed by atoms with Crippen molar-refractivity contribution in [2.45, 2.75) is 59.0 Å². The molecule has 1 unspecified atom stereocenters. The molecule has 0 radical (unpaired) electrons. The number of hydrogen-bond donors (Lipinski definition) is 8. The third kappa shape index (κ3) is 34.5. The molecule has 34 heavy (non-hydrogen) atoms. The molecule has 0 saturated carbocycles. The molecule has 0 aliphatic rings. The summed E-state index contributed by atoms with van der Waals surface area (Å²) in [6, 6.07) is -0.615. The van der Waals surface area contributed by atoms with Gasteiger partial charge in [0.1, 0.15) is 12.3 Å². The number of hydrogen-bond acceptors (Lipinski definition) is 9. The van der Waals surface area contributed by atoms with Crippen molar-refractivity contribution in [1.82, 2.24) is 26.6 Å². The van der Waals surface area contributed by atoms with Crippen LogP contribution in [0, 0.1) is 5.92 Å². The molecule has 0 fully saturated rings. The van der Waals surface area contributed by atoms with E-state index in [0.29, 0.717) is 25.4 Å². The Bertz CT molecular complexity index is 492. The van der Waals surface area contributed by atoms with Crippen molar-refractivity contribution in [1.29, 1.82) is 0 Å². The van der Waals surface area contributed by atoms with E-state index in [4.69, 9.17) is 15.3 Å². The Morgan fingerprint density at radius 2 is 1.44 bits per heavy atom. The summed E-state index contributed by atoms with van der Waals surface area (Å²) in [5, 5.41) is 36.1. The predicted octanol–water partition coefficient (Wildman–Crippen LogP) is -1.86. The van der Waals surface area contributed by atoms with Crippen LogP contribution in [0.3, 0.4) is 0 Å². The lowest BCUT2D eigenvalue weighted by Crippen LogP contribution is -2.44. The van der Waals surface area contributed by atoms with Crippen LogP contribution < -0.4 is 26.6 Å². The fourth-order valence-corrected chi connectivity index (χ4v) is 2.08. The lowest BCUT2D eigenvalue weighted by Gasteiger charge is -2.11. The first-order valence-corrected chi connectivity index (χ1v) is 11.3. The van der Waals surface area contributed by atoms with E-state index in [0.717, 1.165) is 33.1 Å². The SMILES string of the molecule is CC(C)NCCC(=O)NCC(=O)NC(C=O)CO.CNCC(=O)NCCCC(C)C.CO.CO. The summed E-state index contributed by atoms with van der Waals surface area (Å²) in [6.45, 7) is 9.43. The summed E-state index contributed by atoms with van der Waals surface area (Å²) >= 11 is 0. The molecule has 0 aromatic rings. The number of rotatable bonds is 15. The van der Waals surface area contributed by atoms with Gasteiger partial charge in [-0.25, -0.2) is 0 Å². The number of carbonyl (C=O) groups excluding carboxylic acids is 4. The normalized spacial score (nSPS) is 10.4. The third-order valence-electron chi connectivity index (χ3n) is 3.68. The van der Waals surface area contributed by atoms with Crippen molar-refractivity contribution < 1.29 is 34.5 Å². The van der Waals surface area contributed by atoms with Gasteiger partial charge >= 0.3 is 0 Å². The highest BCUT2D eigenvalue weighted by molar-refractivity contribution is 5.86. The van der Waals surface area contributed by atoms with E-state index in [9.17, 15) is 19.2 Å². The number of aliphatic hydroxyl groups is 3. The molecule has 0 bridgehead atoms. The first-order chi connectivity index (χ1) is 16.2. The summed E-state index contributed by atoms with van der Waals surface area (Å²) in [5.74, 6) is 0.0590. The summed E-state index contributed by atoms with van der Waals surface area (Å²) in [5.41, 5.74) is 0. The summed E-state index contributed by atoms with van der Waals surface area (Å²) in [6.07, 6.45) is 2.97. The van der Waals surface area contributed by atoms with Gasteiger partial charge in [-0.2, -0.15) is 0 Å². The molecule has 0 aliphatic carbocycles. The second-order valence-electron chi connectivity index (χ2n) is 7.54. The topological polar surface area (TPSA) is 189 Å². The van der Waals surface area contributed by atoms with Crippen molar-refractivity contribution in [3.8, 4) is 0 Å². The largest absolute Gasteiger partial charge is 0.400 e. The zero-order chi connectivity index (χ0) is 27.4. The average molecular weight is 496 g/mol. The van der Waals surface area contributed by atoms with Crippen molar-refractivity contribution in [2.24, 2.45) is 5.92 Å². The lowest BCUT2D eigenvalue weighted by atomic mass is 10.1. The standard InChI is InChI=1S/C11H21N3O4.C9H20N2O.2CH4O/c1-8(2)12-4-3-10(17)13-5-11(18)14-9(6-15)7-16;1-8(2)5-4-6-11-9(12)7-10-3;2*1-2/h6,8-9,12,16H,3-5,7H2,1-2H3,(H,13,17)(H,14,18);8,10H,4-7H2,1-3H3,(H,11,12);2*2H,1H3. The van der Waals surface area contributed by atoms with Gasteiger partial charge in [0.05, 0.1) is 19.7 Å². The summed E-state index contributed by atoms with van der Waals surface area (Å²) < 4.78 is 0. The van der Waals surface area contributed by atoms with Crippen molar-refractivity contribution in [3.63, 3.8) is 0 Å². The van der Waals surface area contributed by atoms with Crippen LogP contribution in [0.25, 0.3) is 0 Å². The Labute approximate surface area is 204 Å². The predicted molar refractivity (Wildman–Crippen MR) is 133 cm³/mol. The van der Waals surface area contributed by atoms with Gasteiger partial charge in [0, 0.05) is 39.8 Å². The molecule has 8 N–H and O–H groups in total. The molecule has 12 heteroatoms. The van der Waals surface area contributed by atoms with E-state index < -0.39 is 18.6 Å². The van der Waals surface area contributed by atoms with E-state index in [1.54, 1.807) is 7.05 Å². The average Bonchev–Trinajstić information content (AvgIpc) is 2.82. The molecule has 12 nitrogen and oxygen atoms in total. The van der Waals surface area contributed by atoms with E-state index in [1.807, 2.05) is 13.8 Å². The molecule has 0 rings (SSSR count). The molecule has 3 amide bonds. The zero-order valence-corrected chi connectivity index (χ0v) is 21.9. The Hall–Kier alpha value is -2.12. The molecule has 0 heterocycles. The Morgan fingerprint density at radius 1 is 0.853 bits per heavy atom. The van der Waals surface area contributed by atoms with Crippen LogP contribution in [0.1, 0.15) is 47.0 Å². The van der Waals surface area contributed by atoms with Crippen molar-refractivity contribution >= 4 is 24.0 Å². The number of carbonyl (C=O) groups is 4. The van der Waals surface area contributed by atoms with Crippen LogP contribution in [0.2, 0.25) is 0 Å². The highest BCUT2D eigenvalue weighted by atomic mass is 16.3. The highest BCUT2D eigenvalue weighted by Crippen LogP contribution is 2.01. The van der Waals surface area contributed by atoms with Crippen LogP contribution in [0.15, 0.2) is 0 Å². The minimum absolute atomic E-state index is 0.0845. The van der Waals surface area contributed by atoms with Crippen molar-refractivity contribution in [2.75, 3.05) is 54.1 Å². The Balaban J connectivity index is -0.000000244. The van der Waals surface area contributed by atoms with Crippen LogP contribution in [0.4, 0.5) is 0 Å². The first-order valence-electron chi connectivity index (χ1n) is 11.3. The van der Waals surface area contributed by atoms with Crippen LogP contribution in [-0.2, 0) is 19.2 Å². The van der Waals surface area contributed by atoms with Gasteiger partial charge in [0.25, 0.3) is 0 Å². The number of likely N-dealkylation sites (N-methyl/N-ethyl adjacent to an activating group) is 1. The molecule has 0 spiro atoms. The second kappa shape index (κ2) is 30.9. The van der Waals surface area contributed by atoms with E-state index >= 15 is 0 Å². The molecule has 0 aromatic carbocycles. The van der Waals surface area contributed by atoms with Gasteiger partial charge in [-0.15, -0.1) is 0 Å². The molecule has 0 aromatic heterocycles. The number of amides is 3. The summed E-state index contributed by atoms with van der Waals surface area (Å²) in [4.78, 5) is 43.8. The van der Waals surface area contributed by atoms with E-state index in [-0.39, 0.29) is 24.8 Å². The third-order valence-corrected chi connectivity index (χ3v) is 3.68. The van der Waals surface area contributed by atoms with E-state index in [2.05, 4.69) is 40.4 Å². The van der Waals surface area contributed by atoms with Crippen LogP contribution >= 0.6 is 0 Å². The smallest absolute Gasteiger partial charge is 0.240 e. The summed E-state index contributed by atoms with van der Waals surface area (Å²) in [7, 11) is 3.77. The maximum atomic E-state index is 11.3. The zero-order valence-electron chi connectivity index (χ0n) is 21.9. The number of nitrogens with one attached hydrogen (secondary N) is 5. The number of aliphatic hydroxyl groups excluding tert-OH is 3. The maximum absolute atomic E-state index is 11.3. The second-order valence-corrected chi connectivity index (χ2v) is 7.54. The lowest BCUT2D eigenvalue weighted by molar-refractivity contribution is -0.127. The van der Waals surface area contributed by atoms with Gasteiger partial charge < -0.3 is 46.7 Å². The van der Waals surface area contributed by atoms with Gasteiger partial charge in [0.15, 0.2) is 0 Å².